The summed E-state index contributed by atoms with van der Waals surface area (Å²) in [5.41, 5.74) is 1.58. The number of aryl methyl sites for hydroxylation is 1. The molecule has 1 aromatic heterocycles. The van der Waals surface area contributed by atoms with Crippen LogP contribution in [0.1, 0.15) is 39.1 Å². The van der Waals surface area contributed by atoms with Crippen molar-refractivity contribution in [2.45, 2.75) is 45.9 Å². The molecule has 0 unspecified atom stereocenters. The molecule has 0 spiro atoms. The van der Waals surface area contributed by atoms with E-state index in [1.807, 2.05) is 58.9 Å². The van der Waals surface area contributed by atoms with Crippen LogP contribution in [-0.2, 0) is 10.5 Å². The van der Waals surface area contributed by atoms with Gasteiger partial charge in [-0.15, -0.1) is 11.8 Å². The molecule has 0 fully saturated rings. The third-order valence-corrected chi connectivity index (χ3v) is 4.24. The van der Waals surface area contributed by atoms with E-state index >= 15 is 0 Å². The molecule has 0 bridgehead atoms. The van der Waals surface area contributed by atoms with Crippen LogP contribution in [0.25, 0.3) is 11.5 Å². The number of amides is 1. The highest BCUT2D eigenvalue weighted by Crippen LogP contribution is 2.26. The van der Waals surface area contributed by atoms with Crippen molar-refractivity contribution in [2.24, 2.45) is 0 Å². The second-order valence-corrected chi connectivity index (χ2v) is 7.76. The van der Waals surface area contributed by atoms with Gasteiger partial charge in [0.25, 0.3) is 0 Å². The van der Waals surface area contributed by atoms with Gasteiger partial charge < -0.3 is 14.5 Å². The number of carbonyl (C=O) groups is 1. The van der Waals surface area contributed by atoms with Gasteiger partial charge in [-0.2, -0.15) is 0 Å². The Morgan fingerprint density at radius 3 is 2.56 bits per heavy atom. The van der Waals surface area contributed by atoms with Crippen LogP contribution in [0.2, 0.25) is 0 Å². The molecule has 1 amide bonds. The molecule has 0 radical (unpaired) electrons. The number of carbonyl (C=O) groups excluding carboxylic acids is 1. The van der Waals surface area contributed by atoms with Crippen molar-refractivity contribution >= 4 is 17.7 Å². The zero-order valence-electron chi connectivity index (χ0n) is 15.5. The van der Waals surface area contributed by atoms with Crippen molar-refractivity contribution < 1.29 is 13.9 Å². The number of nitrogens with zero attached hydrogens (tertiary/aromatic N) is 1. The Morgan fingerprint density at radius 1 is 1.28 bits per heavy atom. The van der Waals surface area contributed by atoms with Gasteiger partial charge in [-0.1, -0.05) is 0 Å². The molecule has 0 aliphatic carbocycles. The molecule has 2 rings (SSSR count). The molecule has 0 saturated heterocycles. The van der Waals surface area contributed by atoms with E-state index in [1.54, 1.807) is 0 Å². The Balaban J connectivity index is 1.94. The van der Waals surface area contributed by atoms with Crippen LogP contribution in [0.3, 0.4) is 0 Å². The number of hydrogen-bond donors (Lipinski definition) is 1. The maximum Gasteiger partial charge on any atom is 0.230 e. The van der Waals surface area contributed by atoms with Gasteiger partial charge in [-0.3, -0.25) is 4.79 Å². The predicted molar refractivity (Wildman–Crippen MR) is 102 cm³/mol. The molecule has 0 aliphatic rings. The van der Waals surface area contributed by atoms with Gasteiger partial charge in [0.15, 0.2) is 0 Å². The minimum atomic E-state index is -0.206. The monoisotopic (exact) mass is 362 g/mol. The summed E-state index contributed by atoms with van der Waals surface area (Å²) in [4.78, 5) is 16.4. The average Bonchev–Trinajstić information content (AvgIpc) is 2.88. The fraction of sp³-hybridized carbons (Fsp3) is 0.474. The van der Waals surface area contributed by atoms with Gasteiger partial charge in [-0.05, 0) is 58.9 Å². The number of hydrogen-bond acceptors (Lipinski definition) is 5. The minimum Gasteiger partial charge on any atom is -0.494 e. The van der Waals surface area contributed by atoms with Crippen LogP contribution >= 0.6 is 11.8 Å². The molecular weight excluding hydrogens is 336 g/mol. The number of aromatic nitrogens is 1. The normalized spacial score (nSPS) is 11.4. The van der Waals surface area contributed by atoms with Gasteiger partial charge in [0, 0.05) is 16.9 Å². The van der Waals surface area contributed by atoms with Crippen molar-refractivity contribution in [3.8, 4) is 17.2 Å². The van der Waals surface area contributed by atoms with Gasteiger partial charge in [-0.25, -0.2) is 4.98 Å². The van der Waals surface area contributed by atoms with Crippen LogP contribution in [-0.4, -0.2) is 28.8 Å². The first-order valence-corrected chi connectivity index (χ1v) is 9.52. The third kappa shape index (κ3) is 6.12. The molecule has 0 aliphatic heterocycles. The van der Waals surface area contributed by atoms with Crippen LogP contribution in [0, 0.1) is 6.92 Å². The number of oxazole rings is 1. The molecule has 25 heavy (non-hydrogen) atoms. The van der Waals surface area contributed by atoms with E-state index in [0.29, 0.717) is 24.0 Å². The second kappa shape index (κ2) is 8.43. The summed E-state index contributed by atoms with van der Waals surface area (Å²) in [7, 11) is 0. The summed E-state index contributed by atoms with van der Waals surface area (Å²) in [6.45, 7) is 10.4. The summed E-state index contributed by atoms with van der Waals surface area (Å²) in [5.74, 6) is 3.29. The third-order valence-electron chi connectivity index (χ3n) is 3.29. The number of nitrogens with one attached hydrogen (secondary N) is 1. The van der Waals surface area contributed by atoms with E-state index in [-0.39, 0.29) is 11.4 Å². The van der Waals surface area contributed by atoms with E-state index in [4.69, 9.17) is 9.15 Å². The van der Waals surface area contributed by atoms with Gasteiger partial charge >= 0.3 is 0 Å². The van der Waals surface area contributed by atoms with Gasteiger partial charge in [0.05, 0.1) is 18.1 Å². The minimum absolute atomic E-state index is 0.0328. The second-order valence-electron chi connectivity index (χ2n) is 6.77. The van der Waals surface area contributed by atoms with E-state index in [0.717, 1.165) is 22.8 Å². The van der Waals surface area contributed by atoms with Gasteiger partial charge in [0.1, 0.15) is 11.5 Å². The average molecular weight is 362 g/mol. The summed E-state index contributed by atoms with van der Waals surface area (Å²) in [5, 5.41) is 2.95. The SMILES string of the molecule is CCOc1ccc(-c2nc(CSCC(=O)NC(C)(C)C)c(C)o2)cc1. The maximum atomic E-state index is 11.9. The molecule has 1 aromatic carbocycles. The number of benzene rings is 1. The largest absolute Gasteiger partial charge is 0.494 e. The molecule has 1 heterocycles. The molecule has 6 heteroatoms. The lowest BCUT2D eigenvalue weighted by Gasteiger charge is -2.20. The first kappa shape index (κ1) is 19.4. The lowest BCUT2D eigenvalue weighted by molar-refractivity contribution is -0.119. The molecule has 0 saturated carbocycles. The Labute approximate surface area is 153 Å². The fourth-order valence-corrected chi connectivity index (χ4v) is 3.06. The highest BCUT2D eigenvalue weighted by Gasteiger charge is 2.15. The van der Waals surface area contributed by atoms with Crippen molar-refractivity contribution in [1.82, 2.24) is 10.3 Å². The van der Waals surface area contributed by atoms with Crippen molar-refractivity contribution in [3.05, 3.63) is 35.7 Å². The van der Waals surface area contributed by atoms with E-state index < -0.39 is 0 Å². The zero-order chi connectivity index (χ0) is 18.4. The van der Waals surface area contributed by atoms with Crippen molar-refractivity contribution in [1.29, 1.82) is 0 Å². The first-order valence-electron chi connectivity index (χ1n) is 8.37. The van der Waals surface area contributed by atoms with Gasteiger partial charge in [0.2, 0.25) is 11.8 Å². The Kier molecular flexibility index (Phi) is 6.53. The van der Waals surface area contributed by atoms with E-state index in [9.17, 15) is 4.79 Å². The van der Waals surface area contributed by atoms with Crippen LogP contribution in [0.5, 0.6) is 5.75 Å². The Hall–Kier alpha value is -1.95. The fourth-order valence-electron chi connectivity index (χ4n) is 2.24. The number of ether oxygens (including phenoxy) is 1. The van der Waals surface area contributed by atoms with Crippen molar-refractivity contribution in [3.63, 3.8) is 0 Å². The molecular formula is C19H26N2O3S. The Morgan fingerprint density at radius 2 is 1.96 bits per heavy atom. The standard InChI is InChI=1S/C19H26N2O3S/c1-6-23-15-9-7-14(8-10-15)18-20-16(13(2)24-18)11-25-12-17(22)21-19(3,4)5/h7-10H,6,11-12H2,1-5H3,(H,21,22). The maximum absolute atomic E-state index is 11.9. The molecule has 5 nitrogen and oxygen atoms in total. The van der Waals surface area contributed by atoms with Crippen LogP contribution in [0.15, 0.2) is 28.7 Å². The molecule has 1 N–H and O–H groups in total. The van der Waals surface area contributed by atoms with E-state index in [1.165, 1.54) is 11.8 Å². The lowest BCUT2D eigenvalue weighted by atomic mass is 10.1. The lowest BCUT2D eigenvalue weighted by Crippen LogP contribution is -2.41. The summed E-state index contributed by atoms with van der Waals surface area (Å²) < 4.78 is 11.2. The quantitative estimate of drug-likeness (QED) is 0.800. The van der Waals surface area contributed by atoms with Crippen LogP contribution < -0.4 is 10.1 Å². The smallest absolute Gasteiger partial charge is 0.230 e. The first-order chi connectivity index (χ1) is 11.8. The highest BCUT2D eigenvalue weighted by atomic mass is 32.2. The number of rotatable bonds is 7. The Bertz CT molecular complexity index is 702. The summed E-state index contributed by atoms with van der Waals surface area (Å²) >= 11 is 1.53. The highest BCUT2D eigenvalue weighted by molar-refractivity contribution is 7.99. The van der Waals surface area contributed by atoms with E-state index in [2.05, 4.69) is 10.3 Å². The molecule has 2 aromatic rings. The predicted octanol–water partition coefficient (Wildman–Crippen LogP) is 4.20. The molecule has 136 valence electrons. The topological polar surface area (TPSA) is 64.4 Å². The number of thioether (sulfide) groups is 1. The van der Waals surface area contributed by atoms with Crippen LogP contribution in [0.4, 0.5) is 0 Å². The molecule has 0 atom stereocenters. The zero-order valence-corrected chi connectivity index (χ0v) is 16.3. The summed E-state index contributed by atoms with van der Waals surface area (Å²) in [6.07, 6.45) is 0. The summed E-state index contributed by atoms with van der Waals surface area (Å²) in [6, 6.07) is 7.68. The van der Waals surface area contributed by atoms with Crippen molar-refractivity contribution in [2.75, 3.05) is 12.4 Å².